The summed E-state index contributed by atoms with van der Waals surface area (Å²) in [7, 11) is 0. The number of fused-ring (bicyclic) bond motifs is 1. The number of rotatable bonds is 3. The SMILES string of the molecule is C=C1C(CC)C(c2sc(Br)c(-n3nnc4ccccc43)c2F)=NC12CCC2. The third-order valence-corrected chi connectivity index (χ3v) is 7.68. The van der Waals surface area contributed by atoms with Crippen LogP contribution in [0.1, 0.15) is 37.5 Å². The lowest BCUT2D eigenvalue weighted by molar-refractivity contribution is 0.302. The van der Waals surface area contributed by atoms with Gasteiger partial charge in [-0.25, -0.2) is 9.07 Å². The maximum Gasteiger partial charge on any atom is 0.170 e. The minimum Gasteiger partial charge on any atom is -0.276 e. The molecule has 3 aromatic rings. The first kappa shape index (κ1) is 17.3. The molecule has 7 heteroatoms. The molecule has 0 N–H and O–H groups in total. The van der Waals surface area contributed by atoms with Gasteiger partial charge in [-0.1, -0.05) is 30.8 Å². The van der Waals surface area contributed by atoms with Crippen molar-refractivity contribution in [2.24, 2.45) is 10.9 Å². The number of benzene rings is 1. The molecular formula is C20H18BrFN4S. The fourth-order valence-corrected chi connectivity index (χ4v) is 5.97. The van der Waals surface area contributed by atoms with E-state index in [4.69, 9.17) is 4.99 Å². The minimum atomic E-state index is -0.288. The number of aromatic nitrogens is 3. The van der Waals surface area contributed by atoms with Crippen molar-refractivity contribution in [3.63, 3.8) is 0 Å². The number of hydrogen-bond donors (Lipinski definition) is 0. The molecular weight excluding hydrogens is 427 g/mol. The van der Waals surface area contributed by atoms with Crippen LogP contribution in [0, 0.1) is 11.7 Å². The van der Waals surface area contributed by atoms with Crippen molar-refractivity contribution >= 4 is 44.0 Å². The van der Waals surface area contributed by atoms with Gasteiger partial charge in [0.05, 0.1) is 25.4 Å². The summed E-state index contributed by atoms with van der Waals surface area (Å²) in [6, 6.07) is 7.57. The van der Waals surface area contributed by atoms with Gasteiger partial charge in [0, 0.05) is 5.92 Å². The van der Waals surface area contributed by atoms with Crippen molar-refractivity contribution in [3.05, 3.63) is 50.9 Å². The molecule has 2 aromatic heterocycles. The lowest BCUT2D eigenvalue weighted by Crippen LogP contribution is -2.35. The second kappa shape index (κ2) is 6.07. The maximum absolute atomic E-state index is 15.6. The first-order chi connectivity index (χ1) is 13.1. The van der Waals surface area contributed by atoms with Crippen molar-refractivity contribution in [1.29, 1.82) is 0 Å². The van der Waals surface area contributed by atoms with Crippen LogP contribution in [-0.2, 0) is 0 Å². The molecule has 1 unspecified atom stereocenters. The van der Waals surface area contributed by atoms with Crippen LogP contribution in [0.5, 0.6) is 0 Å². The van der Waals surface area contributed by atoms with E-state index in [1.807, 2.05) is 24.3 Å². The topological polar surface area (TPSA) is 43.1 Å². The highest BCUT2D eigenvalue weighted by atomic mass is 79.9. The van der Waals surface area contributed by atoms with Gasteiger partial charge in [0.25, 0.3) is 0 Å². The summed E-state index contributed by atoms with van der Waals surface area (Å²) >= 11 is 4.93. The molecule has 1 aliphatic heterocycles. The van der Waals surface area contributed by atoms with Gasteiger partial charge in [-0.15, -0.1) is 16.4 Å². The van der Waals surface area contributed by atoms with Crippen LogP contribution in [-0.4, -0.2) is 26.2 Å². The molecule has 3 heterocycles. The molecule has 1 spiro atoms. The van der Waals surface area contributed by atoms with Gasteiger partial charge in [0.15, 0.2) is 5.82 Å². The Kier molecular flexibility index (Phi) is 3.88. The highest BCUT2D eigenvalue weighted by Crippen LogP contribution is 2.51. The number of aliphatic imine (C=N–C) groups is 1. The van der Waals surface area contributed by atoms with Gasteiger partial charge < -0.3 is 0 Å². The first-order valence-electron chi connectivity index (χ1n) is 9.13. The normalized spacial score (nSPS) is 21.1. The summed E-state index contributed by atoms with van der Waals surface area (Å²) in [4.78, 5) is 5.60. The molecule has 5 rings (SSSR count). The zero-order chi connectivity index (χ0) is 18.8. The molecule has 4 nitrogen and oxygen atoms in total. The van der Waals surface area contributed by atoms with Crippen molar-refractivity contribution < 1.29 is 4.39 Å². The van der Waals surface area contributed by atoms with Crippen LogP contribution in [0.4, 0.5) is 4.39 Å². The van der Waals surface area contributed by atoms with Crippen LogP contribution in [0.15, 0.2) is 45.2 Å². The van der Waals surface area contributed by atoms with Crippen molar-refractivity contribution in [2.75, 3.05) is 0 Å². The molecule has 1 aliphatic carbocycles. The summed E-state index contributed by atoms with van der Waals surface area (Å²) in [5.41, 5.74) is 3.77. The van der Waals surface area contributed by atoms with Crippen LogP contribution in [0.2, 0.25) is 0 Å². The predicted octanol–water partition coefficient (Wildman–Crippen LogP) is 5.69. The fourth-order valence-electron chi connectivity index (χ4n) is 4.21. The van der Waals surface area contributed by atoms with E-state index >= 15 is 4.39 Å². The Morgan fingerprint density at radius 3 is 2.85 bits per heavy atom. The lowest BCUT2D eigenvalue weighted by Gasteiger charge is -2.37. The Labute approximate surface area is 168 Å². The van der Waals surface area contributed by atoms with Crippen LogP contribution in [0.3, 0.4) is 0 Å². The van der Waals surface area contributed by atoms with Crippen molar-refractivity contribution in [2.45, 2.75) is 38.1 Å². The molecule has 2 aliphatic rings. The number of nitrogens with zero attached hydrogens (tertiary/aromatic N) is 4. The van der Waals surface area contributed by atoms with Gasteiger partial charge in [0.2, 0.25) is 0 Å². The van der Waals surface area contributed by atoms with E-state index in [2.05, 4.69) is 39.7 Å². The van der Waals surface area contributed by atoms with Crippen molar-refractivity contribution in [3.8, 4) is 5.69 Å². The fraction of sp³-hybridized carbons (Fsp3) is 0.350. The predicted molar refractivity (Wildman–Crippen MR) is 110 cm³/mol. The summed E-state index contributed by atoms with van der Waals surface area (Å²) < 4.78 is 17.9. The van der Waals surface area contributed by atoms with Gasteiger partial charge in [-0.3, -0.25) is 4.99 Å². The summed E-state index contributed by atoms with van der Waals surface area (Å²) in [6.07, 6.45) is 4.11. The van der Waals surface area contributed by atoms with E-state index < -0.39 is 0 Å². The quantitative estimate of drug-likeness (QED) is 0.486. The minimum absolute atomic E-state index is 0.116. The Balaban J connectivity index is 1.67. The average molecular weight is 445 g/mol. The van der Waals surface area contributed by atoms with Crippen molar-refractivity contribution in [1.82, 2.24) is 15.0 Å². The average Bonchev–Trinajstić information content (AvgIpc) is 3.26. The third kappa shape index (κ3) is 2.34. The van der Waals surface area contributed by atoms with E-state index in [0.717, 1.165) is 41.6 Å². The largest absolute Gasteiger partial charge is 0.276 e. The number of halogens is 2. The molecule has 0 amide bonds. The first-order valence-corrected chi connectivity index (χ1v) is 10.7. The standard InChI is InChI=1S/C20H18BrFN4S/c1-3-12-11(2)20(9-6-10-20)23-16(12)18-15(22)17(19(21)27-18)26-14-8-5-4-7-13(14)24-25-26/h4-5,7-8,12H,2-3,6,9-10H2,1H3. The molecule has 27 heavy (non-hydrogen) atoms. The van der Waals surface area contributed by atoms with Crippen LogP contribution >= 0.6 is 27.3 Å². The number of thiophene rings is 1. The van der Waals surface area contributed by atoms with Crippen LogP contribution < -0.4 is 0 Å². The molecule has 0 radical (unpaired) electrons. The van der Waals surface area contributed by atoms with E-state index in [0.29, 0.717) is 14.4 Å². The molecule has 1 aromatic carbocycles. The van der Waals surface area contributed by atoms with Gasteiger partial charge in [-0.05, 0) is 59.3 Å². The number of hydrogen-bond acceptors (Lipinski definition) is 4. The zero-order valence-electron chi connectivity index (χ0n) is 14.9. The lowest BCUT2D eigenvalue weighted by atomic mass is 9.70. The molecule has 1 saturated carbocycles. The Morgan fingerprint density at radius 1 is 1.37 bits per heavy atom. The molecule has 1 fully saturated rings. The summed E-state index contributed by atoms with van der Waals surface area (Å²) in [6.45, 7) is 6.46. The second-order valence-electron chi connectivity index (χ2n) is 7.23. The number of para-hydroxylation sites is 1. The Bertz CT molecular complexity index is 1110. The Morgan fingerprint density at radius 2 is 2.15 bits per heavy atom. The zero-order valence-corrected chi connectivity index (χ0v) is 17.3. The van der Waals surface area contributed by atoms with E-state index in [1.54, 1.807) is 4.68 Å². The van der Waals surface area contributed by atoms with Gasteiger partial charge in [0.1, 0.15) is 11.2 Å². The molecule has 0 bridgehead atoms. The van der Waals surface area contributed by atoms with E-state index in [-0.39, 0.29) is 17.3 Å². The summed E-state index contributed by atoms with van der Waals surface area (Å²) in [5.74, 6) is -0.172. The second-order valence-corrected chi connectivity index (χ2v) is 9.56. The van der Waals surface area contributed by atoms with E-state index in [9.17, 15) is 0 Å². The smallest absolute Gasteiger partial charge is 0.170 e. The highest BCUT2D eigenvalue weighted by molar-refractivity contribution is 9.11. The van der Waals surface area contributed by atoms with E-state index in [1.165, 1.54) is 17.8 Å². The van der Waals surface area contributed by atoms with Gasteiger partial charge >= 0.3 is 0 Å². The Hall–Kier alpha value is -1.86. The third-order valence-electron chi connectivity index (χ3n) is 5.85. The van der Waals surface area contributed by atoms with Crippen LogP contribution in [0.25, 0.3) is 16.7 Å². The monoisotopic (exact) mass is 444 g/mol. The highest BCUT2D eigenvalue weighted by Gasteiger charge is 2.48. The molecule has 138 valence electrons. The molecule has 1 atom stereocenters. The molecule has 0 saturated heterocycles. The summed E-state index contributed by atoms with van der Waals surface area (Å²) in [5, 5.41) is 8.34. The maximum atomic E-state index is 15.6. The van der Waals surface area contributed by atoms with Gasteiger partial charge in [-0.2, -0.15) is 0 Å².